The van der Waals surface area contributed by atoms with Crippen molar-refractivity contribution in [1.29, 1.82) is 0 Å². The van der Waals surface area contributed by atoms with Gasteiger partial charge in [-0.1, -0.05) is 18.2 Å². The average molecular weight is 384 g/mol. The summed E-state index contributed by atoms with van der Waals surface area (Å²) in [6.45, 7) is 2.97. The molecule has 2 N–H and O–H groups in total. The number of aromatic amines is 1. The number of benzene rings is 1. The van der Waals surface area contributed by atoms with Gasteiger partial charge in [0.05, 0.1) is 19.3 Å². The van der Waals surface area contributed by atoms with Crippen LogP contribution in [0.25, 0.3) is 11.3 Å². The van der Waals surface area contributed by atoms with Crippen molar-refractivity contribution in [1.82, 2.24) is 9.97 Å². The van der Waals surface area contributed by atoms with Crippen LogP contribution in [-0.4, -0.2) is 42.0 Å². The molecule has 0 bridgehead atoms. The first kappa shape index (κ1) is 18.7. The summed E-state index contributed by atoms with van der Waals surface area (Å²) in [6, 6.07) is 11.5. The summed E-state index contributed by atoms with van der Waals surface area (Å²) < 4.78 is 4.68. The monoisotopic (exact) mass is 384 g/mol. The topological polar surface area (TPSA) is 87.3 Å². The van der Waals surface area contributed by atoms with Crippen molar-refractivity contribution in [2.24, 2.45) is 0 Å². The van der Waals surface area contributed by atoms with E-state index in [2.05, 4.69) is 20.0 Å². The van der Waals surface area contributed by atoms with Gasteiger partial charge >= 0.3 is 5.97 Å². The minimum Gasteiger partial charge on any atom is -0.464 e. The van der Waals surface area contributed by atoms with Crippen molar-refractivity contribution in [3.8, 4) is 11.3 Å². The van der Waals surface area contributed by atoms with E-state index in [-0.39, 0.29) is 12.5 Å². The fourth-order valence-corrected chi connectivity index (χ4v) is 3.33. The number of rotatable bonds is 7. The van der Waals surface area contributed by atoms with Gasteiger partial charge in [0.2, 0.25) is 5.91 Å². The molecule has 1 aromatic carbocycles. The van der Waals surface area contributed by atoms with Crippen LogP contribution < -0.4 is 10.2 Å². The van der Waals surface area contributed by atoms with Crippen molar-refractivity contribution in [3.63, 3.8) is 0 Å². The maximum atomic E-state index is 12.4. The summed E-state index contributed by atoms with van der Waals surface area (Å²) in [5.74, 6) is -0.573. The molecule has 2 aromatic heterocycles. The number of para-hydroxylation sites is 1. The largest absolute Gasteiger partial charge is 0.464 e. The summed E-state index contributed by atoms with van der Waals surface area (Å²) in [5.41, 5.74) is 2.79. The lowest BCUT2D eigenvalue weighted by Crippen LogP contribution is -2.33. The number of anilines is 2. The number of carbonyl (C=O) groups excluding carboxylic acids is 2. The van der Waals surface area contributed by atoms with Crippen LogP contribution in [0.3, 0.4) is 0 Å². The van der Waals surface area contributed by atoms with Crippen LogP contribution in [-0.2, 0) is 9.53 Å². The van der Waals surface area contributed by atoms with Gasteiger partial charge in [-0.3, -0.25) is 4.79 Å². The number of hydrogen-bond acceptors (Lipinski definition) is 6. The van der Waals surface area contributed by atoms with Gasteiger partial charge < -0.3 is 19.9 Å². The van der Waals surface area contributed by atoms with Crippen LogP contribution in [0.4, 0.5) is 10.8 Å². The lowest BCUT2D eigenvalue weighted by atomic mass is 10.2. The van der Waals surface area contributed by atoms with Gasteiger partial charge in [0.1, 0.15) is 5.69 Å². The minimum atomic E-state index is -0.439. The molecule has 8 heteroatoms. The Morgan fingerprint density at radius 1 is 1.30 bits per heavy atom. The summed E-state index contributed by atoms with van der Waals surface area (Å²) in [4.78, 5) is 33.2. The molecule has 3 rings (SSSR count). The Labute approximate surface area is 161 Å². The molecule has 0 saturated carbocycles. The summed E-state index contributed by atoms with van der Waals surface area (Å²) >= 11 is 1.33. The molecule has 0 saturated heterocycles. The molecule has 0 fully saturated rings. The molecule has 0 aliphatic rings. The van der Waals surface area contributed by atoms with E-state index < -0.39 is 5.97 Å². The van der Waals surface area contributed by atoms with Crippen LogP contribution in [0, 0.1) is 0 Å². The van der Waals surface area contributed by atoms with Gasteiger partial charge in [-0.2, -0.15) is 0 Å². The quantitative estimate of drug-likeness (QED) is 0.610. The maximum absolute atomic E-state index is 12.4. The number of methoxy groups -OCH3 is 1. The first-order chi connectivity index (χ1) is 13.1. The van der Waals surface area contributed by atoms with E-state index in [0.29, 0.717) is 16.5 Å². The SMILES string of the molecule is CCN(CC(=O)Nc1nc(-c2c[nH]c(C(=O)OC)c2)cs1)c1ccccc1. The number of nitrogens with zero attached hydrogens (tertiary/aromatic N) is 2. The molecule has 0 unspecified atom stereocenters. The van der Waals surface area contributed by atoms with Crippen molar-refractivity contribution >= 4 is 34.0 Å². The fraction of sp³-hybridized carbons (Fsp3) is 0.211. The lowest BCUT2D eigenvalue weighted by molar-refractivity contribution is -0.115. The zero-order valence-electron chi connectivity index (χ0n) is 15.1. The van der Waals surface area contributed by atoms with Gasteiger partial charge in [0.25, 0.3) is 0 Å². The van der Waals surface area contributed by atoms with E-state index in [1.807, 2.05) is 47.5 Å². The summed E-state index contributed by atoms with van der Waals surface area (Å²) in [6.07, 6.45) is 1.68. The number of hydrogen-bond donors (Lipinski definition) is 2. The van der Waals surface area contributed by atoms with Crippen LogP contribution in [0.15, 0.2) is 48.0 Å². The molecule has 0 aliphatic heterocycles. The second-order valence-electron chi connectivity index (χ2n) is 5.73. The number of carbonyl (C=O) groups is 2. The molecule has 7 nitrogen and oxygen atoms in total. The summed E-state index contributed by atoms with van der Waals surface area (Å²) in [7, 11) is 1.33. The minimum absolute atomic E-state index is 0.133. The van der Waals surface area contributed by atoms with E-state index in [4.69, 9.17) is 0 Å². The number of esters is 1. The van der Waals surface area contributed by atoms with Crippen molar-refractivity contribution in [2.75, 3.05) is 30.4 Å². The Hall–Kier alpha value is -3.13. The smallest absolute Gasteiger partial charge is 0.354 e. The number of H-pyrrole nitrogens is 1. The lowest BCUT2D eigenvalue weighted by Gasteiger charge is -2.21. The highest BCUT2D eigenvalue weighted by Crippen LogP contribution is 2.25. The third-order valence-electron chi connectivity index (χ3n) is 3.97. The Morgan fingerprint density at radius 3 is 2.78 bits per heavy atom. The first-order valence-electron chi connectivity index (χ1n) is 8.43. The molecule has 0 radical (unpaired) electrons. The molecular weight excluding hydrogens is 364 g/mol. The number of thiazole rings is 1. The molecular formula is C19H20N4O3S. The predicted octanol–water partition coefficient (Wildman–Crippen LogP) is 3.39. The molecule has 27 heavy (non-hydrogen) atoms. The van der Waals surface area contributed by atoms with E-state index in [1.54, 1.807) is 12.3 Å². The van der Waals surface area contributed by atoms with E-state index >= 15 is 0 Å². The Kier molecular flexibility index (Phi) is 5.87. The Morgan fingerprint density at radius 2 is 2.07 bits per heavy atom. The normalized spacial score (nSPS) is 10.4. The molecule has 3 aromatic rings. The third kappa shape index (κ3) is 4.53. The van der Waals surface area contributed by atoms with E-state index in [1.165, 1.54) is 18.4 Å². The highest BCUT2D eigenvalue weighted by atomic mass is 32.1. The van der Waals surface area contributed by atoms with Crippen LogP contribution >= 0.6 is 11.3 Å². The molecule has 140 valence electrons. The van der Waals surface area contributed by atoms with Crippen LogP contribution in [0.5, 0.6) is 0 Å². The Balaban J connectivity index is 1.64. The average Bonchev–Trinajstić information content (AvgIpc) is 3.35. The first-order valence-corrected chi connectivity index (χ1v) is 9.31. The molecule has 1 amide bonds. The van der Waals surface area contributed by atoms with Crippen LogP contribution in [0.2, 0.25) is 0 Å². The highest BCUT2D eigenvalue weighted by molar-refractivity contribution is 7.14. The number of amides is 1. The standard InChI is InChI=1S/C19H20N4O3S/c1-3-23(14-7-5-4-6-8-14)11-17(24)22-19-21-16(12-27-19)13-9-15(20-10-13)18(25)26-2/h4-10,12,20H,3,11H2,1-2H3,(H,21,22,24). The molecule has 0 atom stereocenters. The van der Waals surface area contributed by atoms with Crippen molar-refractivity contribution < 1.29 is 14.3 Å². The number of likely N-dealkylation sites (N-methyl/N-ethyl adjacent to an activating group) is 1. The molecule has 2 heterocycles. The van der Waals surface area contributed by atoms with Crippen molar-refractivity contribution in [3.05, 3.63) is 53.7 Å². The highest BCUT2D eigenvalue weighted by Gasteiger charge is 2.14. The van der Waals surface area contributed by atoms with Crippen molar-refractivity contribution in [2.45, 2.75) is 6.92 Å². The van der Waals surface area contributed by atoms with Gasteiger partial charge in [-0.25, -0.2) is 9.78 Å². The van der Waals surface area contributed by atoms with E-state index in [0.717, 1.165) is 17.8 Å². The zero-order valence-corrected chi connectivity index (χ0v) is 15.9. The Bertz CT molecular complexity index is 920. The number of nitrogens with one attached hydrogen (secondary N) is 2. The zero-order chi connectivity index (χ0) is 19.2. The molecule has 0 spiro atoms. The van der Waals surface area contributed by atoms with Crippen LogP contribution in [0.1, 0.15) is 17.4 Å². The summed E-state index contributed by atoms with van der Waals surface area (Å²) in [5, 5.41) is 5.17. The third-order valence-corrected chi connectivity index (χ3v) is 4.73. The molecule has 0 aliphatic carbocycles. The van der Waals surface area contributed by atoms with Gasteiger partial charge in [0.15, 0.2) is 5.13 Å². The van der Waals surface area contributed by atoms with Gasteiger partial charge in [0, 0.05) is 29.4 Å². The second-order valence-corrected chi connectivity index (χ2v) is 6.59. The number of ether oxygens (including phenoxy) is 1. The maximum Gasteiger partial charge on any atom is 0.354 e. The van der Waals surface area contributed by atoms with Gasteiger partial charge in [-0.05, 0) is 25.1 Å². The predicted molar refractivity (Wildman–Crippen MR) is 106 cm³/mol. The van der Waals surface area contributed by atoms with E-state index in [9.17, 15) is 9.59 Å². The fourth-order valence-electron chi connectivity index (χ4n) is 2.59. The second kappa shape index (κ2) is 8.50. The van der Waals surface area contributed by atoms with Gasteiger partial charge in [-0.15, -0.1) is 11.3 Å². The number of aromatic nitrogens is 2.